The van der Waals surface area contributed by atoms with Crippen LogP contribution >= 0.6 is 0 Å². The number of hydrogen-bond acceptors (Lipinski definition) is 1. The van der Waals surface area contributed by atoms with Gasteiger partial charge in [0.05, 0.1) is 0 Å². The molecular weight excluding hydrogens is 158 g/mol. The van der Waals surface area contributed by atoms with Crippen molar-refractivity contribution >= 4 is 0 Å². The standard InChI is InChI=1S/C12H17N/c1-3-4-10-13-11(2)12-8-6-5-7-9-12/h3-9,11,13H,10H2,1-2H3/b4-3-/t11-/m0/s1. The van der Waals surface area contributed by atoms with Gasteiger partial charge >= 0.3 is 0 Å². The molecule has 0 radical (unpaired) electrons. The van der Waals surface area contributed by atoms with E-state index in [4.69, 9.17) is 0 Å². The Morgan fingerprint density at radius 2 is 2.00 bits per heavy atom. The largest absolute Gasteiger partial charge is 0.307 e. The van der Waals surface area contributed by atoms with Gasteiger partial charge in [-0.15, -0.1) is 0 Å². The van der Waals surface area contributed by atoms with Gasteiger partial charge in [-0.25, -0.2) is 0 Å². The van der Waals surface area contributed by atoms with Crippen LogP contribution < -0.4 is 5.32 Å². The summed E-state index contributed by atoms with van der Waals surface area (Å²) in [5.41, 5.74) is 1.34. The number of allylic oxidation sites excluding steroid dienone is 1. The molecule has 0 spiro atoms. The molecule has 0 aliphatic carbocycles. The predicted octanol–water partition coefficient (Wildman–Crippen LogP) is 2.91. The highest BCUT2D eigenvalue weighted by atomic mass is 14.9. The summed E-state index contributed by atoms with van der Waals surface area (Å²) in [5, 5.41) is 3.41. The third-order valence-electron chi connectivity index (χ3n) is 2.08. The van der Waals surface area contributed by atoms with Crippen molar-refractivity contribution in [2.75, 3.05) is 6.54 Å². The monoisotopic (exact) mass is 175 g/mol. The van der Waals surface area contributed by atoms with E-state index in [0.717, 1.165) is 6.54 Å². The zero-order valence-corrected chi connectivity index (χ0v) is 8.33. The van der Waals surface area contributed by atoms with E-state index in [1.54, 1.807) is 0 Å². The lowest BCUT2D eigenvalue weighted by Gasteiger charge is -2.12. The molecule has 1 heteroatoms. The average Bonchev–Trinajstić information content (AvgIpc) is 2.19. The van der Waals surface area contributed by atoms with E-state index in [1.807, 2.05) is 13.0 Å². The Bertz CT molecular complexity index is 251. The topological polar surface area (TPSA) is 12.0 Å². The van der Waals surface area contributed by atoms with E-state index in [1.165, 1.54) is 5.56 Å². The first kappa shape index (κ1) is 10.0. The lowest BCUT2D eigenvalue weighted by atomic mass is 10.1. The minimum atomic E-state index is 0.428. The molecule has 0 aliphatic rings. The molecular formula is C12H17N. The Hall–Kier alpha value is -1.08. The molecule has 0 heterocycles. The molecule has 0 aliphatic heterocycles. The quantitative estimate of drug-likeness (QED) is 0.694. The van der Waals surface area contributed by atoms with E-state index in [-0.39, 0.29) is 0 Å². The van der Waals surface area contributed by atoms with E-state index in [9.17, 15) is 0 Å². The van der Waals surface area contributed by atoms with Gasteiger partial charge in [-0.05, 0) is 19.4 Å². The first-order chi connectivity index (χ1) is 6.34. The highest BCUT2D eigenvalue weighted by molar-refractivity contribution is 5.18. The molecule has 0 saturated heterocycles. The maximum atomic E-state index is 3.41. The van der Waals surface area contributed by atoms with Gasteiger partial charge in [0, 0.05) is 12.6 Å². The summed E-state index contributed by atoms with van der Waals surface area (Å²) >= 11 is 0. The molecule has 0 bridgehead atoms. The van der Waals surface area contributed by atoms with Crippen molar-refractivity contribution in [2.45, 2.75) is 19.9 Å². The molecule has 0 fully saturated rings. The smallest absolute Gasteiger partial charge is 0.0294 e. The van der Waals surface area contributed by atoms with Crippen molar-refractivity contribution in [3.63, 3.8) is 0 Å². The van der Waals surface area contributed by atoms with Crippen LogP contribution in [0.3, 0.4) is 0 Å². The molecule has 0 saturated carbocycles. The first-order valence-corrected chi connectivity index (χ1v) is 4.74. The van der Waals surface area contributed by atoms with Gasteiger partial charge in [0.25, 0.3) is 0 Å². The first-order valence-electron chi connectivity index (χ1n) is 4.74. The highest BCUT2D eigenvalue weighted by Gasteiger charge is 2.00. The Kier molecular flexibility index (Phi) is 4.27. The minimum Gasteiger partial charge on any atom is -0.307 e. The van der Waals surface area contributed by atoms with Crippen molar-refractivity contribution in [1.82, 2.24) is 5.32 Å². The zero-order valence-electron chi connectivity index (χ0n) is 8.33. The van der Waals surface area contributed by atoms with Crippen molar-refractivity contribution in [2.24, 2.45) is 0 Å². The van der Waals surface area contributed by atoms with Crippen LogP contribution in [0, 0.1) is 0 Å². The van der Waals surface area contributed by atoms with Crippen molar-refractivity contribution in [1.29, 1.82) is 0 Å². The Balaban J connectivity index is 2.44. The summed E-state index contributed by atoms with van der Waals surface area (Å²) in [4.78, 5) is 0. The van der Waals surface area contributed by atoms with Crippen LogP contribution in [0.5, 0.6) is 0 Å². The molecule has 1 rings (SSSR count). The summed E-state index contributed by atoms with van der Waals surface area (Å²) in [6.45, 7) is 5.15. The van der Waals surface area contributed by atoms with Crippen LogP contribution in [0.15, 0.2) is 42.5 Å². The van der Waals surface area contributed by atoms with Crippen molar-refractivity contribution in [3.05, 3.63) is 48.0 Å². The maximum Gasteiger partial charge on any atom is 0.0294 e. The predicted molar refractivity (Wildman–Crippen MR) is 57.7 cm³/mol. The zero-order chi connectivity index (χ0) is 9.52. The second kappa shape index (κ2) is 5.55. The fraction of sp³-hybridized carbons (Fsp3) is 0.333. The molecule has 1 N–H and O–H groups in total. The van der Waals surface area contributed by atoms with Crippen LogP contribution in [0.1, 0.15) is 25.5 Å². The van der Waals surface area contributed by atoms with E-state index >= 15 is 0 Å². The van der Waals surface area contributed by atoms with Crippen LogP contribution in [0.25, 0.3) is 0 Å². The fourth-order valence-corrected chi connectivity index (χ4v) is 1.22. The third-order valence-corrected chi connectivity index (χ3v) is 2.08. The Morgan fingerprint density at radius 3 is 2.62 bits per heavy atom. The number of benzene rings is 1. The third kappa shape index (κ3) is 3.43. The minimum absolute atomic E-state index is 0.428. The lowest BCUT2D eigenvalue weighted by molar-refractivity contribution is 0.617. The van der Waals surface area contributed by atoms with E-state index < -0.39 is 0 Å². The van der Waals surface area contributed by atoms with Gasteiger partial charge in [-0.2, -0.15) is 0 Å². The van der Waals surface area contributed by atoms with Gasteiger partial charge < -0.3 is 5.32 Å². The fourth-order valence-electron chi connectivity index (χ4n) is 1.22. The average molecular weight is 175 g/mol. The summed E-state index contributed by atoms with van der Waals surface area (Å²) in [6.07, 6.45) is 4.18. The molecule has 0 aromatic heterocycles. The van der Waals surface area contributed by atoms with Crippen molar-refractivity contribution < 1.29 is 0 Å². The molecule has 1 nitrogen and oxygen atoms in total. The Morgan fingerprint density at radius 1 is 1.31 bits per heavy atom. The molecule has 1 aromatic carbocycles. The van der Waals surface area contributed by atoms with Crippen LogP contribution in [0.2, 0.25) is 0 Å². The summed E-state index contributed by atoms with van der Waals surface area (Å²) in [7, 11) is 0. The van der Waals surface area contributed by atoms with Crippen molar-refractivity contribution in [3.8, 4) is 0 Å². The Labute approximate surface area is 80.5 Å². The molecule has 0 unspecified atom stereocenters. The van der Waals surface area contributed by atoms with Gasteiger partial charge in [0.2, 0.25) is 0 Å². The molecule has 0 amide bonds. The number of rotatable bonds is 4. The normalized spacial score (nSPS) is 13.4. The molecule has 1 atom stereocenters. The SMILES string of the molecule is C/C=C\CN[C@@H](C)c1ccccc1. The van der Waals surface area contributed by atoms with Crippen LogP contribution in [-0.4, -0.2) is 6.54 Å². The van der Waals surface area contributed by atoms with E-state index in [0.29, 0.717) is 6.04 Å². The summed E-state index contributed by atoms with van der Waals surface area (Å²) < 4.78 is 0. The van der Waals surface area contributed by atoms with Gasteiger partial charge in [-0.3, -0.25) is 0 Å². The summed E-state index contributed by atoms with van der Waals surface area (Å²) in [6, 6.07) is 10.9. The molecule has 70 valence electrons. The molecule has 13 heavy (non-hydrogen) atoms. The lowest BCUT2D eigenvalue weighted by Crippen LogP contribution is -2.18. The van der Waals surface area contributed by atoms with Gasteiger partial charge in [0.15, 0.2) is 0 Å². The van der Waals surface area contributed by atoms with Crippen LogP contribution in [0.4, 0.5) is 0 Å². The second-order valence-corrected chi connectivity index (χ2v) is 3.11. The summed E-state index contributed by atoms with van der Waals surface area (Å²) in [5.74, 6) is 0. The number of hydrogen-bond donors (Lipinski definition) is 1. The van der Waals surface area contributed by atoms with E-state index in [2.05, 4.69) is 48.7 Å². The van der Waals surface area contributed by atoms with Gasteiger partial charge in [-0.1, -0.05) is 42.5 Å². The second-order valence-electron chi connectivity index (χ2n) is 3.11. The maximum absolute atomic E-state index is 3.41. The number of nitrogens with one attached hydrogen (secondary N) is 1. The highest BCUT2D eigenvalue weighted by Crippen LogP contribution is 2.10. The van der Waals surface area contributed by atoms with Crippen LogP contribution in [-0.2, 0) is 0 Å². The molecule has 1 aromatic rings. The van der Waals surface area contributed by atoms with Gasteiger partial charge in [0.1, 0.15) is 0 Å².